The molecule has 1 heterocycles. The van der Waals surface area contributed by atoms with Gasteiger partial charge in [-0.2, -0.15) is 0 Å². The number of hydrogen-bond acceptors (Lipinski definition) is 4. The van der Waals surface area contributed by atoms with E-state index in [2.05, 4.69) is 0 Å². The van der Waals surface area contributed by atoms with Gasteiger partial charge in [-0.25, -0.2) is 0 Å². The summed E-state index contributed by atoms with van der Waals surface area (Å²) in [4.78, 5) is 12.8. The number of rotatable bonds is 4. The molecule has 0 aromatic heterocycles. The molecule has 0 aliphatic carbocycles. The molecule has 0 bridgehead atoms. The number of carbonyl (C=O) groups is 1. The van der Waals surface area contributed by atoms with E-state index in [1.54, 1.807) is 14.2 Å². The average molecular weight is 336 g/mol. The van der Waals surface area contributed by atoms with Crippen molar-refractivity contribution < 1.29 is 19.0 Å². The van der Waals surface area contributed by atoms with Crippen molar-refractivity contribution in [2.24, 2.45) is 0 Å². The summed E-state index contributed by atoms with van der Waals surface area (Å²) >= 11 is 0. The van der Waals surface area contributed by atoms with Crippen LogP contribution in [0, 0.1) is 0 Å². The number of carbonyl (C=O) groups excluding carboxylic acids is 1. The van der Waals surface area contributed by atoms with E-state index < -0.39 is 0 Å². The van der Waals surface area contributed by atoms with Gasteiger partial charge in [0.05, 0.1) is 27.4 Å². The molecule has 1 saturated heterocycles. The largest absolute Gasteiger partial charge is 0.497 e. The lowest BCUT2D eigenvalue weighted by Gasteiger charge is -2.17. The fourth-order valence-corrected chi connectivity index (χ4v) is 2.69. The average Bonchev–Trinajstić information content (AvgIpc) is 2.65. The van der Waals surface area contributed by atoms with Gasteiger partial charge in [0.15, 0.2) is 5.78 Å². The van der Waals surface area contributed by atoms with Crippen LogP contribution in [0.3, 0.4) is 0 Å². The summed E-state index contributed by atoms with van der Waals surface area (Å²) in [5, 5.41) is 0. The van der Waals surface area contributed by atoms with Crippen LogP contribution in [0.5, 0.6) is 11.5 Å². The standard InChI is InChI=1S/C21H20O4/c1-23-19-7-3-5-15(11-19)9-17-13-25-14-18(21(17)22)10-16-6-4-8-20(12-16)24-2/h3-12H,13-14H2,1-2H3/b17-9+,18-10+. The second-order valence-corrected chi connectivity index (χ2v) is 5.71. The van der Waals surface area contributed by atoms with Crippen molar-refractivity contribution in [3.05, 3.63) is 70.8 Å². The molecule has 1 aliphatic rings. The quantitative estimate of drug-likeness (QED) is 0.797. The molecule has 25 heavy (non-hydrogen) atoms. The van der Waals surface area contributed by atoms with Crippen molar-refractivity contribution in [2.45, 2.75) is 0 Å². The zero-order chi connectivity index (χ0) is 17.6. The molecule has 1 aliphatic heterocycles. The summed E-state index contributed by atoms with van der Waals surface area (Å²) in [6.45, 7) is 0.622. The molecule has 0 atom stereocenters. The van der Waals surface area contributed by atoms with Crippen LogP contribution < -0.4 is 9.47 Å². The highest BCUT2D eigenvalue weighted by Gasteiger charge is 2.21. The third kappa shape index (κ3) is 4.17. The molecule has 0 N–H and O–H groups in total. The Kier molecular flexibility index (Phi) is 5.31. The Labute approximate surface area is 147 Å². The van der Waals surface area contributed by atoms with Crippen molar-refractivity contribution in [3.8, 4) is 11.5 Å². The highest BCUT2D eigenvalue weighted by molar-refractivity contribution is 6.14. The fourth-order valence-electron chi connectivity index (χ4n) is 2.69. The first kappa shape index (κ1) is 17.0. The van der Waals surface area contributed by atoms with Crippen molar-refractivity contribution >= 4 is 17.9 Å². The van der Waals surface area contributed by atoms with Gasteiger partial charge in [-0.1, -0.05) is 24.3 Å². The topological polar surface area (TPSA) is 44.8 Å². The molecular formula is C21H20O4. The van der Waals surface area contributed by atoms with Gasteiger partial charge in [0.1, 0.15) is 11.5 Å². The maximum atomic E-state index is 12.8. The molecule has 4 nitrogen and oxygen atoms in total. The summed E-state index contributed by atoms with van der Waals surface area (Å²) < 4.78 is 16.1. The van der Waals surface area contributed by atoms with Crippen LogP contribution in [0.1, 0.15) is 11.1 Å². The number of methoxy groups -OCH3 is 2. The normalized spacial score (nSPS) is 17.8. The Bertz CT molecular complexity index is 766. The Morgan fingerprint density at radius 3 is 1.76 bits per heavy atom. The summed E-state index contributed by atoms with van der Waals surface area (Å²) in [6.07, 6.45) is 3.70. The molecule has 0 amide bonds. The SMILES string of the molecule is COc1cccc(/C=C2\COC/C(=C\c3cccc(OC)c3)C2=O)c1. The zero-order valence-electron chi connectivity index (χ0n) is 14.3. The van der Waals surface area contributed by atoms with Gasteiger partial charge in [0, 0.05) is 11.1 Å². The monoisotopic (exact) mass is 336 g/mol. The van der Waals surface area contributed by atoms with Gasteiger partial charge < -0.3 is 14.2 Å². The molecule has 0 spiro atoms. The van der Waals surface area contributed by atoms with Gasteiger partial charge in [0.25, 0.3) is 0 Å². The lowest BCUT2D eigenvalue weighted by molar-refractivity contribution is -0.114. The van der Waals surface area contributed by atoms with Gasteiger partial charge in [0.2, 0.25) is 0 Å². The molecule has 4 heteroatoms. The van der Waals surface area contributed by atoms with Crippen LogP contribution in [0.2, 0.25) is 0 Å². The second-order valence-electron chi connectivity index (χ2n) is 5.71. The van der Waals surface area contributed by atoms with Crippen LogP contribution >= 0.6 is 0 Å². The summed E-state index contributed by atoms with van der Waals surface area (Å²) in [7, 11) is 3.24. The Morgan fingerprint density at radius 2 is 1.32 bits per heavy atom. The maximum absolute atomic E-state index is 12.8. The number of benzene rings is 2. The predicted molar refractivity (Wildman–Crippen MR) is 97.8 cm³/mol. The smallest absolute Gasteiger partial charge is 0.189 e. The predicted octanol–water partition coefficient (Wildman–Crippen LogP) is 3.77. The first-order chi connectivity index (χ1) is 12.2. The molecule has 0 saturated carbocycles. The number of Topliss-reactive ketones (excluding diaryl/α,β-unsaturated/α-hetero) is 1. The first-order valence-corrected chi connectivity index (χ1v) is 8.01. The zero-order valence-corrected chi connectivity index (χ0v) is 14.3. The van der Waals surface area contributed by atoms with E-state index in [1.165, 1.54) is 0 Å². The summed E-state index contributed by atoms with van der Waals surface area (Å²) in [5.74, 6) is 1.52. The van der Waals surface area contributed by atoms with Gasteiger partial charge in [-0.15, -0.1) is 0 Å². The molecule has 0 radical (unpaired) electrons. The van der Waals surface area contributed by atoms with Gasteiger partial charge in [-0.3, -0.25) is 4.79 Å². The Morgan fingerprint density at radius 1 is 0.840 bits per heavy atom. The molecular weight excluding hydrogens is 316 g/mol. The highest BCUT2D eigenvalue weighted by atomic mass is 16.5. The highest BCUT2D eigenvalue weighted by Crippen LogP contribution is 2.23. The van der Waals surface area contributed by atoms with E-state index in [0.29, 0.717) is 24.4 Å². The van der Waals surface area contributed by atoms with Crippen LogP contribution in [0.25, 0.3) is 12.2 Å². The number of ether oxygens (including phenoxy) is 3. The van der Waals surface area contributed by atoms with Crippen molar-refractivity contribution in [3.63, 3.8) is 0 Å². The van der Waals surface area contributed by atoms with Gasteiger partial charge in [-0.05, 0) is 47.5 Å². The van der Waals surface area contributed by atoms with Crippen LogP contribution in [-0.2, 0) is 9.53 Å². The lowest BCUT2D eigenvalue weighted by Crippen LogP contribution is -2.21. The number of hydrogen-bond donors (Lipinski definition) is 0. The summed E-state index contributed by atoms with van der Waals surface area (Å²) in [6, 6.07) is 15.2. The molecule has 0 unspecified atom stereocenters. The van der Waals surface area contributed by atoms with Crippen LogP contribution in [-0.4, -0.2) is 33.2 Å². The minimum atomic E-state index is 0.0110. The molecule has 128 valence electrons. The van der Waals surface area contributed by atoms with E-state index in [9.17, 15) is 4.79 Å². The molecule has 2 aromatic carbocycles. The molecule has 3 rings (SSSR count). The Balaban J connectivity index is 1.87. The van der Waals surface area contributed by atoms with Gasteiger partial charge >= 0.3 is 0 Å². The molecule has 2 aromatic rings. The van der Waals surface area contributed by atoms with Crippen LogP contribution in [0.4, 0.5) is 0 Å². The van der Waals surface area contributed by atoms with E-state index >= 15 is 0 Å². The van der Waals surface area contributed by atoms with Crippen molar-refractivity contribution in [2.75, 3.05) is 27.4 Å². The minimum absolute atomic E-state index is 0.0110. The molecule has 1 fully saturated rings. The third-order valence-corrected chi connectivity index (χ3v) is 3.97. The van der Waals surface area contributed by atoms with E-state index in [1.807, 2.05) is 60.7 Å². The Hall–Kier alpha value is -2.85. The van der Waals surface area contributed by atoms with Crippen LogP contribution in [0.15, 0.2) is 59.7 Å². The summed E-state index contributed by atoms with van der Waals surface area (Å²) in [5.41, 5.74) is 3.09. The minimum Gasteiger partial charge on any atom is -0.497 e. The fraction of sp³-hybridized carbons (Fsp3) is 0.190. The second kappa shape index (κ2) is 7.81. The van der Waals surface area contributed by atoms with Crippen molar-refractivity contribution in [1.29, 1.82) is 0 Å². The lowest BCUT2D eigenvalue weighted by atomic mass is 9.98. The first-order valence-electron chi connectivity index (χ1n) is 8.01. The van der Waals surface area contributed by atoms with E-state index in [-0.39, 0.29) is 5.78 Å². The van der Waals surface area contributed by atoms with Crippen molar-refractivity contribution in [1.82, 2.24) is 0 Å². The maximum Gasteiger partial charge on any atom is 0.189 e. The third-order valence-electron chi connectivity index (χ3n) is 3.97. The van der Waals surface area contributed by atoms with E-state index in [4.69, 9.17) is 14.2 Å². The van der Waals surface area contributed by atoms with E-state index in [0.717, 1.165) is 22.6 Å². The number of ketones is 1.